The Morgan fingerprint density at radius 1 is 1.75 bits per heavy atom. The van der Waals surface area contributed by atoms with Crippen LogP contribution in [-0.4, -0.2) is 38.3 Å². The highest BCUT2D eigenvalue weighted by molar-refractivity contribution is 5.73. The van der Waals surface area contributed by atoms with Crippen molar-refractivity contribution in [1.82, 2.24) is 10.6 Å². The van der Waals surface area contributed by atoms with Crippen molar-refractivity contribution >= 4 is 5.91 Å². The molecule has 0 spiro atoms. The smallest absolute Gasteiger partial charge is 0.217 e. The fourth-order valence-corrected chi connectivity index (χ4v) is 1.54. The number of hydrogen-bond donors (Lipinski definition) is 2. The topological polar surface area (TPSA) is 50.4 Å². The van der Waals surface area contributed by atoms with Gasteiger partial charge in [-0.3, -0.25) is 4.79 Å². The van der Waals surface area contributed by atoms with E-state index in [2.05, 4.69) is 10.6 Å². The number of carbonyl (C=O) groups is 1. The Hall–Kier alpha value is -0.610. The highest BCUT2D eigenvalue weighted by atomic mass is 16.5. The molecule has 4 nitrogen and oxygen atoms in total. The first kappa shape index (κ1) is 9.48. The Labute approximate surface area is 72.7 Å². The van der Waals surface area contributed by atoms with Crippen molar-refractivity contribution in [2.75, 3.05) is 20.3 Å². The van der Waals surface area contributed by atoms with E-state index in [1.54, 1.807) is 14.0 Å². The third kappa shape index (κ3) is 2.79. The van der Waals surface area contributed by atoms with Crippen LogP contribution in [0.1, 0.15) is 13.3 Å². The van der Waals surface area contributed by atoms with Crippen LogP contribution in [0.5, 0.6) is 0 Å². The maximum absolute atomic E-state index is 10.7. The van der Waals surface area contributed by atoms with E-state index in [9.17, 15) is 4.79 Å². The van der Waals surface area contributed by atoms with Crippen LogP contribution in [0.2, 0.25) is 0 Å². The van der Waals surface area contributed by atoms with Crippen LogP contribution in [-0.2, 0) is 9.53 Å². The van der Waals surface area contributed by atoms with Crippen molar-refractivity contribution in [3.63, 3.8) is 0 Å². The first-order valence-corrected chi connectivity index (χ1v) is 4.21. The van der Waals surface area contributed by atoms with Gasteiger partial charge in [-0.05, 0) is 6.42 Å². The second kappa shape index (κ2) is 4.42. The highest BCUT2D eigenvalue weighted by Gasteiger charge is 2.23. The summed E-state index contributed by atoms with van der Waals surface area (Å²) in [6.45, 7) is 3.12. The van der Waals surface area contributed by atoms with E-state index >= 15 is 0 Å². The number of hydrogen-bond acceptors (Lipinski definition) is 3. The maximum atomic E-state index is 10.7. The van der Waals surface area contributed by atoms with Crippen LogP contribution < -0.4 is 10.6 Å². The van der Waals surface area contributed by atoms with Crippen molar-refractivity contribution in [2.24, 2.45) is 0 Å². The first-order chi connectivity index (χ1) is 5.72. The third-order valence-electron chi connectivity index (χ3n) is 2.00. The SMILES string of the molecule is COC[C@@H]1C[C@H](NC(C)=O)CN1. The summed E-state index contributed by atoms with van der Waals surface area (Å²) >= 11 is 0. The number of methoxy groups -OCH3 is 1. The van der Waals surface area contributed by atoms with E-state index < -0.39 is 0 Å². The summed E-state index contributed by atoms with van der Waals surface area (Å²) in [4.78, 5) is 10.7. The molecule has 0 unspecified atom stereocenters. The van der Waals surface area contributed by atoms with Gasteiger partial charge in [-0.2, -0.15) is 0 Å². The molecule has 0 aromatic heterocycles. The Morgan fingerprint density at radius 3 is 3.08 bits per heavy atom. The second-order valence-electron chi connectivity index (χ2n) is 3.19. The molecule has 1 rings (SSSR count). The molecule has 1 fully saturated rings. The molecule has 12 heavy (non-hydrogen) atoms. The average molecular weight is 172 g/mol. The quantitative estimate of drug-likeness (QED) is 0.603. The lowest BCUT2D eigenvalue weighted by Gasteiger charge is -2.09. The third-order valence-corrected chi connectivity index (χ3v) is 2.00. The molecule has 0 bridgehead atoms. The maximum Gasteiger partial charge on any atom is 0.217 e. The number of nitrogens with one attached hydrogen (secondary N) is 2. The van der Waals surface area contributed by atoms with Crippen molar-refractivity contribution in [1.29, 1.82) is 0 Å². The summed E-state index contributed by atoms with van der Waals surface area (Å²) < 4.78 is 5.00. The van der Waals surface area contributed by atoms with Gasteiger partial charge in [0.1, 0.15) is 0 Å². The minimum absolute atomic E-state index is 0.0415. The fraction of sp³-hybridized carbons (Fsp3) is 0.875. The molecule has 1 saturated heterocycles. The van der Waals surface area contributed by atoms with Crippen LogP contribution in [0, 0.1) is 0 Å². The predicted octanol–water partition coefficient (Wildman–Crippen LogP) is -0.501. The van der Waals surface area contributed by atoms with Crippen molar-refractivity contribution < 1.29 is 9.53 Å². The van der Waals surface area contributed by atoms with Gasteiger partial charge in [-0.25, -0.2) is 0 Å². The van der Waals surface area contributed by atoms with E-state index in [0.29, 0.717) is 6.04 Å². The van der Waals surface area contributed by atoms with Gasteiger partial charge in [0.2, 0.25) is 5.91 Å². The Balaban J connectivity index is 2.21. The first-order valence-electron chi connectivity index (χ1n) is 4.21. The minimum atomic E-state index is 0.0415. The molecule has 2 atom stereocenters. The zero-order chi connectivity index (χ0) is 8.97. The van der Waals surface area contributed by atoms with Crippen LogP contribution in [0.3, 0.4) is 0 Å². The Morgan fingerprint density at radius 2 is 2.50 bits per heavy atom. The lowest BCUT2D eigenvalue weighted by molar-refractivity contribution is -0.119. The van der Waals surface area contributed by atoms with Gasteiger partial charge < -0.3 is 15.4 Å². The zero-order valence-corrected chi connectivity index (χ0v) is 7.59. The van der Waals surface area contributed by atoms with E-state index in [0.717, 1.165) is 19.6 Å². The highest BCUT2D eigenvalue weighted by Crippen LogP contribution is 2.06. The van der Waals surface area contributed by atoms with Crippen molar-refractivity contribution in [3.8, 4) is 0 Å². The molecule has 2 N–H and O–H groups in total. The van der Waals surface area contributed by atoms with Gasteiger partial charge in [0, 0.05) is 32.7 Å². The standard InChI is InChI=1S/C8H16N2O2/c1-6(11)10-7-3-8(5-12-2)9-4-7/h7-9H,3-5H2,1-2H3,(H,10,11)/t7-,8-/m0/s1. The van der Waals surface area contributed by atoms with E-state index in [-0.39, 0.29) is 11.9 Å². The van der Waals surface area contributed by atoms with Crippen LogP contribution in [0.4, 0.5) is 0 Å². The van der Waals surface area contributed by atoms with E-state index in [4.69, 9.17) is 4.74 Å². The average Bonchev–Trinajstić information content (AvgIpc) is 2.36. The summed E-state index contributed by atoms with van der Waals surface area (Å²) in [6.07, 6.45) is 0.966. The normalized spacial score (nSPS) is 28.8. The molecule has 0 aromatic rings. The molecule has 1 aliphatic rings. The number of ether oxygens (including phenoxy) is 1. The number of rotatable bonds is 3. The summed E-state index contributed by atoms with van der Waals surface area (Å²) in [5.41, 5.74) is 0. The summed E-state index contributed by atoms with van der Waals surface area (Å²) in [6, 6.07) is 0.675. The molecule has 4 heteroatoms. The van der Waals surface area contributed by atoms with Crippen LogP contribution in [0.25, 0.3) is 0 Å². The second-order valence-corrected chi connectivity index (χ2v) is 3.19. The molecule has 0 radical (unpaired) electrons. The van der Waals surface area contributed by atoms with Gasteiger partial charge in [-0.15, -0.1) is 0 Å². The number of carbonyl (C=O) groups excluding carboxylic acids is 1. The van der Waals surface area contributed by atoms with E-state index in [1.807, 2.05) is 0 Å². The molecule has 0 aliphatic carbocycles. The summed E-state index contributed by atoms with van der Waals surface area (Å²) in [7, 11) is 1.69. The molecule has 1 aliphatic heterocycles. The molecule has 1 amide bonds. The van der Waals surface area contributed by atoms with Crippen molar-refractivity contribution in [3.05, 3.63) is 0 Å². The Kier molecular flexibility index (Phi) is 3.49. The fourth-order valence-electron chi connectivity index (χ4n) is 1.54. The van der Waals surface area contributed by atoms with Gasteiger partial charge in [0.25, 0.3) is 0 Å². The number of amides is 1. The molecular weight excluding hydrogens is 156 g/mol. The summed E-state index contributed by atoms with van der Waals surface area (Å²) in [5, 5.41) is 6.15. The molecular formula is C8H16N2O2. The van der Waals surface area contributed by atoms with Crippen LogP contribution >= 0.6 is 0 Å². The lowest BCUT2D eigenvalue weighted by atomic mass is 10.2. The predicted molar refractivity (Wildman–Crippen MR) is 45.9 cm³/mol. The molecule has 0 aromatic carbocycles. The van der Waals surface area contributed by atoms with Gasteiger partial charge in [0.05, 0.1) is 6.61 Å². The molecule has 70 valence electrons. The van der Waals surface area contributed by atoms with Gasteiger partial charge in [-0.1, -0.05) is 0 Å². The van der Waals surface area contributed by atoms with Crippen LogP contribution in [0.15, 0.2) is 0 Å². The molecule has 1 heterocycles. The monoisotopic (exact) mass is 172 g/mol. The lowest BCUT2D eigenvalue weighted by Crippen LogP contribution is -2.34. The van der Waals surface area contributed by atoms with E-state index in [1.165, 1.54) is 0 Å². The van der Waals surface area contributed by atoms with Gasteiger partial charge >= 0.3 is 0 Å². The minimum Gasteiger partial charge on any atom is -0.383 e. The summed E-state index contributed by atoms with van der Waals surface area (Å²) in [5.74, 6) is 0.0415. The largest absolute Gasteiger partial charge is 0.383 e. The van der Waals surface area contributed by atoms with Gasteiger partial charge in [0.15, 0.2) is 0 Å². The zero-order valence-electron chi connectivity index (χ0n) is 7.59. The van der Waals surface area contributed by atoms with Crippen molar-refractivity contribution in [2.45, 2.75) is 25.4 Å². The Bertz CT molecular complexity index is 161. The molecule has 0 saturated carbocycles.